The number of carbonyl (C=O) groups is 1. The van der Waals surface area contributed by atoms with E-state index in [2.05, 4.69) is 20.3 Å². The fourth-order valence-corrected chi connectivity index (χ4v) is 1.55. The van der Waals surface area contributed by atoms with E-state index >= 15 is 0 Å². The van der Waals surface area contributed by atoms with Gasteiger partial charge in [-0.05, 0) is 18.2 Å². The summed E-state index contributed by atoms with van der Waals surface area (Å²) in [5.41, 5.74) is 4.40. The molecular weight excluding hydrogens is 287 g/mol. The highest BCUT2D eigenvalue weighted by Crippen LogP contribution is 2.29. The molecule has 9 heteroatoms. The van der Waals surface area contributed by atoms with Crippen LogP contribution < -0.4 is 11.1 Å². The monoisotopic (exact) mass is 297 g/mol. The smallest absolute Gasteiger partial charge is 0.365 e. The normalized spacial score (nSPS) is 11.2. The van der Waals surface area contributed by atoms with Gasteiger partial charge in [-0.3, -0.25) is 4.79 Å². The largest absolute Gasteiger partial charge is 0.433 e. The first-order valence-corrected chi connectivity index (χ1v) is 5.74. The molecule has 2 rings (SSSR count). The van der Waals surface area contributed by atoms with Crippen molar-refractivity contribution in [1.29, 1.82) is 0 Å². The second-order valence-corrected chi connectivity index (χ2v) is 4.01. The van der Waals surface area contributed by atoms with Gasteiger partial charge in [0.2, 0.25) is 0 Å². The van der Waals surface area contributed by atoms with Crippen LogP contribution in [0, 0.1) is 0 Å². The van der Waals surface area contributed by atoms with Gasteiger partial charge in [-0.25, -0.2) is 15.0 Å². The van der Waals surface area contributed by atoms with Crippen molar-refractivity contribution in [2.24, 2.45) is 5.73 Å². The summed E-state index contributed by atoms with van der Waals surface area (Å²) in [4.78, 5) is 22.2. The van der Waals surface area contributed by atoms with Gasteiger partial charge >= 0.3 is 6.18 Å². The van der Waals surface area contributed by atoms with Gasteiger partial charge < -0.3 is 11.1 Å². The van der Waals surface area contributed by atoms with Gasteiger partial charge in [0, 0.05) is 6.20 Å². The summed E-state index contributed by atoms with van der Waals surface area (Å²) in [6.45, 7) is 0.0805. The van der Waals surface area contributed by atoms with Crippen molar-refractivity contribution in [3.63, 3.8) is 0 Å². The number of nitrogens with two attached hydrogens (primary N) is 1. The van der Waals surface area contributed by atoms with Crippen molar-refractivity contribution >= 4 is 11.7 Å². The fourth-order valence-electron chi connectivity index (χ4n) is 1.55. The summed E-state index contributed by atoms with van der Waals surface area (Å²) in [7, 11) is 0. The number of nitrogens with zero attached hydrogens (tertiary/aromatic N) is 3. The number of aromatic nitrogens is 3. The van der Waals surface area contributed by atoms with Crippen LogP contribution in [0.2, 0.25) is 0 Å². The van der Waals surface area contributed by atoms with Gasteiger partial charge in [0.05, 0.1) is 17.8 Å². The predicted octanol–water partition coefficient (Wildman–Crippen LogP) is 1.60. The Morgan fingerprint density at radius 1 is 1.29 bits per heavy atom. The van der Waals surface area contributed by atoms with E-state index in [0.29, 0.717) is 11.8 Å². The minimum absolute atomic E-state index is 0.0805. The molecule has 2 aromatic heterocycles. The number of alkyl halides is 3. The first-order valence-electron chi connectivity index (χ1n) is 5.74. The maximum atomic E-state index is 12.6. The molecule has 0 aliphatic carbocycles. The molecule has 0 aliphatic rings. The van der Waals surface area contributed by atoms with Crippen molar-refractivity contribution in [3.8, 4) is 0 Å². The Kier molecular flexibility index (Phi) is 4.01. The van der Waals surface area contributed by atoms with Crippen LogP contribution in [-0.4, -0.2) is 20.9 Å². The molecule has 21 heavy (non-hydrogen) atoms. The molecule has 3 N–H and O–H groups in total. The molecule has 2 heterocycles. The number of halogens is 3. The molecule has 0 aromatic carbocycles. The Balaban J connectivity index is 2.29. The Morgan fingerprint density at radius 2 is 2.05 bits per heavy atom. The maximum absolute atomic E-state index is 12.6. The quantitative estimate of drug-likeness (QED) is 0.894. The van der Waals surface area contributed by atoms with Gasteiger partial charge in [-0.15, -0.1) is 0 Å². The number of hydrogen-bond donors (Lipinski definition) is 2. The van der Waals surface area contributed by atoms with Gasteiger partial charge in [0.1, 0.15) is 17.8 Å². The number of nitrogens with one attached hydrogen (secondary N) is 1. The lowest BCUT2D eigenvalue weighted by molar-refractivity contribution is -0.141. The molecule has 1 amide bonds. The highest BCUT2D eigenvalue weighted by atomic mass is 19.4. The topological polar surface area (TPSA) is 93.8 Å². The number of rotatable bonds is 4. The zero-order chi connectivity index (χ0) is 15.5. The zero-order valence-electron chi connectivity index (χ0n) is 10.6. The van der Waals surface area contributed by atoms with Crippen molar-refractivity contribution in [3.05, 3.63) is 47.7 Å². The molecule has 2 aromatic rings. The summed E-state index contributed by atoms with van der Waals surface area (Å²) in [5, 5.41) is 2.62. The second kappa shape index (κ2) is 5.73. The van der Waals surface area contributed by atoms with Crippen LogP contribution in [0.3, 0.4) is 0 Å². The first kappa shape index (κ1) is 14.7. The standard InChI is InChI=1S/C12H10F3N5O/c13-12(14,15)9-2-1-8(10(16)21)11(20-9)18-5-7-3-4-17-6-19-7/h1-4,6H,5H2,(H2,16,21)(H,18,20). The van der Waals surface area contributed by atoms with E-state index in [1.165, 1.54) is 12.5 Å². The number of hydrogen-bond acceptors (Lipinski definition) is 5. The highest BCUT2D eigenvalue weighted by molar-refractivity contribution is 5.97. The lowest BCUT2D eigenvalue weighted by Crippen LogP contribution is -2.18. The molecule has 0 aliphatic heterocycles. The molecule has 0 saturated carbocycles. The molecule has 0 fully saturated rings. The van der Waals surface area contributed by atoms with Crippen LogP contribution >= 0.6 is 0 Å². The summed E-state index contributed by atoms with van der Waals surface area (Å²) in [6, 6.07) is 3.26. The Bertz CT molecular complexity index is 645. The number of anilines is 1. The van der Waals surface area contributed by atoms with Crippen LogP contribution in [0.25, 0.3) is 0 Å². The molecular formula is C12H10F3N5O. The lowest BCUT2D eigenvalue weighted by Gasteiger charge is -2.12. The van der Waals surface area contributed by atoms with E-state index < -0.39 is 17.8 Å². The maximum Gasteiger partial charge on any atom is 0.433 e. The van der Waals surface area contributed by atoms with Crippen LogP contribution in [0.1, 0.15) is 21.7 Å². The van der Waals surface area contributed by atoms with Crippen molar-refractivity contribution in [2.45, 2.75) is 12.7 Å². The molecule has 0 bridgehead atoms. The zero-order valence-corrected chi connectivity index (χ0v) is 10.6. The molecule has 6 nitrogen and oxygen atoms in total. The van der Waals surface area contributed by atoms with Gasteiger partial charge in [0.15, 0.2) is 0 Å². The molecule has 0 saturated heterocycles. The third-order valence-corrected chi connectivity index (χ3v) is 2.53. The lowest BCUT2D eigenvalue weighted by atomic mass is 10.2. The van der Waals surface area contributed by atoms with Crippen molar-refractivity contribution < 1.29 is 18.0 Å². The molecule has 0 radical (unpaired) electrons. The molecule has 0 spiro atoms. The third kappa shape index (κ3) is 3.65. The van der Waals surface area contributed by atoms with Gasteiger partial charge in [0.25, 0.3) is 5.91 Å². The number of carbonyl (C=O) groups excluding carboxylic acids is 1. The van der Waals surface area contributed by atoms with Gasteiger partial charge in [-0.1, -0.05) is 0 Å². The molecule has 110 valence electrons. The number of primary amides is 1. The predicted molar refractivity (Wildman–Crippen MR) is 67.1 cm³/mol. The Morgan fingerprint density at radius 3 is 2.62 bits per heavy atom. The van der Waals surface area contributed by atoms with E-state index in [1.807, 2.05) is 0 Å². The number of amides is 1. The van der Waals surface area contributed by atoms with Crippen LogP contribution in [-0.2, 0) is 12.7 Å². The van der Waals surface area contributed by atoms with Crippen LogP contribution in [0.5, 0.6) is 0 Å². The Hall–Kier alpha value is -2.71. The van der Waals surface area contributed by atoms with Crippen molar-refractivity contribution in [1.82, 2.24) is 15.0 Å². The molecule has 0 unspecified atom stereocenters. The molecule has 0 atom stereocenters. The summed E-state index contributed by atoms with van der Waals surface area (Å²) < 4.78 is 37.9. The van der Waals surface area contributed by atoms with Gasteiger partial charge in [-0.2, -0.15) is 13.2 Å². The fraction of sp³-hybridized carbons (Fsp3) is 0.167. The van der Waals surface area contributed by atoms with Crippen LogP contribution in [0.4, 0.5) is 19.0 Å². The summed E-state index contributed by atoms with van der Waals surface area (Å²) >= 11 is 0. The van der Waals surface area contributed by atoms with E-state index in [4.69, 9.17) is 5.73 Å². The van der Waals surface area contributed by atoms with E-state index in [9.17, 15) is 18.0 Å². The summed E-state index contributed by atoms with van der Waals surface area (Å²) in [6.07, 6.45) is -1.83. The minimum Gasteiger partial charge on any atom is -0.365 e. The van der Waals surface area contributed by atoms with E-state index in [-0.39, 0.29) is 17.9 Å². The Labute approximate surface area is 117 Å². The number of pyridine rings is 1. The third-order valence-electron chi connectivity index (χ3n) is 2.53. The average Bonchev–Trinajstić information content (AvgIpc) is 2.45. The highest BCUT2D eigenvalue weighted by Gasteiger charge is 2.33. The first-order chi connectivity index (χ1) is 9.88. The van der Waals surface area contributed by atoms with Crippen LogP contribution in [0.15, 0.2) is 30.7 Å². The second-order valence-electron chi connectivity index (χ2n) is 4.01. The SMILES string of the molecule is NC(=O)c1ccc(C(F)(F)F)nc1NCc1ccncn1. The van der Waals surface area contributed by atoms with E-state index in [1.54, 1.807) is 6.07 Å². The minimum atomic E-state index is -4.61. The summed E-state index contributed by atoms with van der Waals surface area (Å²) in [5.74, 6) is -1.11. The average molecular weight is 297 g/mol. The van der Waals surface area contributed by atoms with Crippen molar-refractivity contribution in [2.75, 3.05) is 5.32 Å². The van der Waals surface area contributed by atoms with E-state index in [0.717, 1.165) is 6.07 Å².